The highest BCUT2D eigenvalue weighted by atomic mass is 32.2. The molecule has 1 aliphatic heterocycles. The lowest BCUT2D eigenvalue weighted by Gasteiger charge is -2.39. The molecule has 2 rings (SSSR count). The van der Waals surface area contributed by atoms with Gasteiger partial charge in [-0.05, 0) is 38.0 Å². The fourth-order valence-corrected chi connectivity index (χ4v) is 4.72. The van der Waals surface area contributed by atoms with E-state index in [0.29, 0.717) is 25.0 Å². The topological polar surface area (TPSA) is 80.4 Å². The molecule has 5 heteroatoms. The van der Waals surface area contributed by atoms with Crippen LogP contribution in [0.2, 0.25) is 0 Å². The van der Waals surface area contributed by atoms with Crippen LogP contribution in [0.25, 0.3) is 0 Å². The van der Waals surface area contributed by atoms with E-state index in [9.17, 15) is 13.5 Å². The molecule has 88 valence electrons. The van der Waals surface area contributed by atoms with E-state index < -0.39 is 9.84 Å². The minimum Gasteiger partial charge on any atom is -0.393 e. The third-order valence-electron chi connectivity index (χ3n) is 3.93. The maximum Gasteiger partial charge on any atom is 0.150 e. The average Bonchev–Trinajstić information content (AvgIpc) is 2.52. The van der Waals surface area contributed by atoms with E-state index in [1.807, 2.05) is 0 Å². The van der Waals surface area contributed by atoms with Crippen LogP contribution in [0.4, 0.5) is 0 Å². The van der Waals surface area contributed by atoms with Gasteiger partial charge in [-0.25, -0.2) is 8.42 Å². The van der Waals surface area contributed by atoms with Crippen LogP contribution in [0.1, 0.15) is 32.1 Å². The van der Waals surface area contributed by atoms with Gasteiger partial charge in [0.25, 0.3) is 0 Å². The molecule has 2 aliphatic rings. The van der Waals surface area contributed by atoms with Gasteiger partial charge < -0.3 is 10.8 Å². The zero-order valence-electron chi connectivity index (χ0n) is 8.85. The fourth-order valence-electron chi connectivity index (χ4n) is 2.80. The minimum atomic E-state index is -2.84. The largest absolute Gasteiger partial charge is 0.393 e. The molecule has 0 aromatic heterocycles. The monoisotopic (exact) mass is 233 g/mol. The Labute approximate surface area is 90.8 Å². The smallest absolute Gasteiger partial charge is 0.150 e. The van der Waals surface area contributed by atoms with Gasteiger partial charge in [0.15, 0.2) is 9.84 Å². The van der Waals surface area contributed by atoms with Crippen molar-refractivity contribution in [3.8, 4) is 0 Å². The molecule has 1 heterocycles. The molecule has 0 radical (unpaired) electrons. The molecule has 15 heavy (non-hydrogen) atoms. The summed E-state index contributed by atoms with van der Waals surface area (Å²) in [6, 6.07) is 0. The number of aliphatic hydroxyl groups excluding tert-OH is 1. The van der Waals surface area contributed by atoms with E-state index in [4.69, 9.17) is 5.73 Å². The lowest BCUT2D eigenvalue weighted by atomic mass is 9.72. The van der Waals surface area contributed by atoms with Crippen LogP contribution in [-0.4, -0.2) is 36.7 Å². The van der Waals surface area contributed by atoms with Crippen molar-refractivity contribution in [3.63, 3.8) is 0 Å². The first-order valence-electron chi connectivity index (χ1n) is 5.59. The summed E-state index contributed by atoms with van der Waals surface area (Å²) in [6.45, 7) is 0. The second-order valence-corrected chi connectivity index (χ2v) is 7.29. The van der Waals surface area contributed by atoms with E-state index in [1.54, 1.807) is 0 Å². The van der Waals surface area contributed by atoms with Gasteiger partial charge in [0.1, 0.15) is 0 Å². The molecule has 0 aromatic carbocycles. The van der Waals surface area contributed by atoms with Gasteiger partial charge >= 0.3 is 0 Å². The molecule has 0 amide bonds. The summed E-state index contributed by atoms with van der Waals surface area (Å²) in [5.74, 6) is 0.647. The summed E-state index contributed by atoms with van der Waals surface area (Å²) in [5.41, 5.74) is 5.93. The Morgan fingerprint density at radius 2 is 1.80 bits per heavy atom. The number of aliphatic hydroxyl groups is 1. The fraction of sp³-hybridized carbons (Fsp3) is 1.00. The van der Waals surface area contributed by atoms with Crippen molar-refractivity contribution in [1.82, 2.24) is 0 Å². The minimum absolute atomic E-state index is 0.106. The molecule has 0 bridgehead atoms. The molecule has 0 aromatic rings. The van der Waals surface area contributed by atoms with Crippen LogP contribution in [0.3, 0.4) is 0 Å². The molecule has 1 unspecified atom stereocenters. The van der Waals surface area contributed by atoms with Crippen molar-refractivity contribution in [3.05, 3.63) is 0 Å². The molecule has 1 aliphatic carbocycles. The van der Waals surface area contributed by atoms with E-state index in [1.165, 1.54) is 0 Å². The lowest BCUT2D eigenvalue weighted by molar-refractivity contribution is 0.0792. The van der Waals surface area contributed by atoms with Gasteiger partial charge in [-0.3, -0.25) is 0 Å². The highest BCUT2D eigenvalue weighted by molar-refractivity contribution is 7.91. The van der Waals surface area contributed by atoms with Crippen LogP contribution in [0.15, 0.2) is 0 Å². The van der Waals surface area contributed by atoms with Crippen molar-refractivity contribution >= 4 is 9.84 Å². The molecule has 0 spiro atoms. The van der Waals surface area contributed by atoms with Crippen molar-refractivity contribution in [2.75, 3.05) is 11.5 Å². The highest BCUT2D eigenvalue weighted by Crippen LogP contribution is 2.37. The van der Waals surface area contributed by atoms with Crippen molar-refractivity contribution in [2.45, 2.75) is 43.7 Å². The zero-order valence-corrected chi connectivity index (χ0v) is 9.67. The van der Waals surface area contributed by atoms with Crippen molar-refractivity contribution < 1.29 is 13.5 Å². The standard InChI is InChI=1S/C10H19NO3S/c11-10(4-1-9(12)2-5-10)8-3-6-15(13,14)7-8/h8-9,12H,1-7,11H2. The molecule has 2 fully saturated rings. The second kappa shape index (κ2) is 3.71. The first-order chi connectivity index (χ1) is 6.91. The molecule has 3 N–H and O–H groups in total. The van der Waals surface area contributed by atoms with Crippen molar-refractivity contribution in [2.24, 2.45) is 11.7 Å². The van der Waals surface area contributed by atoms with E-state index in [2.05, 4.69) is 0 Å². The normalized spacial score (nSPS) is 45.5. The Morgan fingerprint density at radius 3 is 2.27 bits per heavy atom. The van der Waals surface area contributed by atoms with Gasteiger partial charge in [0, 0.05) is 5.54 Å². The Balaban J connectivity index is 2.04. The summed E-state index contributed by atoms with van der Waals surface area (Å²) in [5, 5.41) is 9.41. The molecular formula is C10H19NO3S. The van der Waals surface area contributed by atoms with E-state index in [0.717, 1.165) is 12.8 Å². The predicted molar refractivity (Wildman–Crippen MR) is 58.2 cm³/mol. The summed E-state index contributed by atoms with van der Waals surface area (Å²) in [4.78, 5) is 0. The Kier molecular flexibility index (Phi) is 2.81. The van der Waals surface area contributed by atoms with Gasteiger partial charge in [-0.2, -0.15) is 0 Å². The van der Waals surface area contributed by atoms with Crippen LogP contribution in [-0.2, 0) is 9.84 Å². The highest BCUT2D eigenvalue weighted by Gasteiger charge is 2.43. The second-order valence-electron chi connectivity index (χ2n) is 5.06. The number of nitrogens with two attached hydrogens (primary N) is 1. The summed E-state index contributed by atoms with van der Waals surface area (Å²) >= 11 is 0. The third kappa shape index (κ3) is 2.34. The number of sulfone groups is 1. The maximum absolute atomic E-state index is 11.4. The van der Waals surface area contributed by atoms with E-state index >= 15 is 0 Å². The molecule has 1 atom stereocenters. The number of rotatable bonds is 1. The van der Waals surface area contributed by atoms with E-state index in [-0.39, 0.29) is 23.3 Å². The third-order valence-corrected chi connectivity index (χ3v) is 5.70. The van der Waals surface area contributed by atoms with Crippen molar-refractivity contribution in [1.29, 1.82) is 0 Å². The first-order valence-corrected chi connectivity index (χ1v) is 7.41. The Bertz CT molecular complexity index is 331. The molecule has 4 nitrogen and oxygen atoms in total. The number of hydrogen-bond donors (Lipinski definition) is 2. The lowest BCUT2D eigenvalue weighted by Crippen LogP contribution is -2.51. The van der Waals surface area contributed by atoms with Gasteiger partial charge in [0.05, 0.1) is 17.6 Å². The summed E-state index contributed by atoms with van der Waals surface area (Å²) in [7, 11) is -2.84. The molecular weight excluding hydrogens is 214 g/mol. The first kappa shape index (κ1) is 11.4. The Hall–Kier alpha value is -0.130. The van der Waals surface area contributed by atoms with Gasteiger partial charge in [0.2, 0.25) is 0 Å². The predicted octanol–water partition coefficient (Wildman–Crippen LogP) is 0.0535. The Morgan fingerprint density at radius 1 is 1.20 bits per heavy atom. The van der Waals surface area contributed by atoms with Crippen LogP contribution >= 0.6 is 0 Å². The SMILES string of the molecule is NC1(C2CCS(=O)(=O)C2)CCC(O)CC1. The zero-order chi connectivity index (χ0) is 11.1. The quantitative estimate of drug-likeness (QED) is 0.671. The molecule has 1 saturated carbocycles. The average molecular weight is 233 g/mol. The van der Waals surface area contributed by atoms with Gasteiger partial charge in [-0.1, -0.05) is 0 Å². The number of hydrogen-bond acceptors (Lipinski definition) is 4. The molecule has 1 saturated heterocycles. The van der Waals surface area contributed by atoms with Gasteiger partial charge in [-0.15, -0.1) is 0 Å². The van der Waals surface area contributed by atoms with Crippen LogP contribution < -0.4 is 5.73 Å². The van der Waals surface area contributed by atoms with Crippen LogP contribution in [0.5, 0.6) is 0 Å². The maximum atomic E-state index is 11.4. The summed E-state index contributed by atoms with van der Waals surface area (Å²) < 4.78 is 22.8. The summed E-state index contributed by atoms with van der Waals surface area (Å²) in [6.07, 6.45) is 3.41. The van der Waals surface area contributed by atoms with Crippen LogP contribution in [0, 0.1) is 5.92 Å².